The van der Waals surface area contributed by atoms with Crippen molar-refractivity contribution in [1.29, 1.82) is 0 Å². The Labute approximate surface area is 135 Å². The zero-order valence-corrected chi connectivity index (χ0v) is 13.3. The van der Waals surface area contributed by atoms with Crippen LogP contribution in [0, 0.1) is 0 Å². The predicted octanol–water partition coefficient (Wildman–Crippen LogP) is 1.78. The van der Waals surface area contributed by atoms with Crippen molar-refractivity contribution in [3.63, 3.8) is 0 Å². The monoisotopic (exact) mass is 314 g/mol. The van der Waals surface area contributed by atoms with Gasteiger partial charge in [-0.1, -0.05) is 6.08 Å². The fourth-order valence-corrected chi connectivity index (χ4v) is 3.14. The van der Waals surface area contributed by atoms with Crippen LogP contribution in [0.4, 0.5) is 0 Å². The summed E-state index contributed by atoms with van der Waals surface area (Å²) >= 11 is 0. The Morgan fingerprint density at radius 3 is 3.13 bits per heavy atom. The Hall–Kier alpha value is -2.34. The minimum atomic E-state index is 0.00921. The zero-order chi connectivity index (χ0) is 16.2. The summed E-state index contributed by atoms with van der Waals surface area (Å²) in [4.78, 5) is 17.6. The summed E-state index contributed by atoms with van der Waals surface area (Å²) in [6, 6.07) is 3.65. The largest absolute Gasteiger partial charge is 0.372 e. The van der Waals surface area contributed by atoms with E-state index in [-0.39, 0.29) is 18.1 Å². The molecule has 3 heterocycles. The van der Waals surface area contributed by atoms with Crippen molar-refractivity contribution in [2.45, 2.75) is 25.0 Å². The van der Waals surface area contributed by atoms with Crippen molar-refractivity contribution in [3.05, 3.63) is 54.6 Å². The number of hydrogen-bond donors (Lipinski definition) is 1. The van der Waals surface area contributed by atoms with Gasteiger partial charge < -0.3 is 14.6 Å². The van der Waals surface area contributed by atoms with Gasteiger partial charge in [0.05, 0.1) is 24.9 Å². The molecule has 3 rings (SSSR count). The second-order valence-electron chi connectivity index (χ2n) is 5.83. The van der Waals surface area contributed by atoms with E-state index >= 15 is 0 Å². The number of aromatic amines is 1. The molecule has 1 saturated heterocycles. The third-order valence-electron chi connectivity index (χ3n) is 4.20. The summed E-state index contributed by atoms with van der Waals surface area (Å²) < 4.78 is 7.67. The number of likely N-dealkylation sites (tertiary alicyclic amines) is 1. The van der Waals surface area contributed by atoms with Gasteiger partial charge in [-0.05, 0) is 30.5 Å². The molecule has 0 bridgehead atoms. The van der Waals surface area contributed by atoms with Gasteiger partial charge in [-0.2, -0.15) is 5.10 Å². The van der Waals surface area contributed by atoms with E-state index in [0.29, 0.717) is 18.8 Å². The number of ether oxygens (including phenoxy) is 1. The van der Waals surface area contributed by atoms with E-state index in [1.165, 1.54) is 0 Å². The van der Waals surface area contributed by atoms with Crippen molar-refractivity contribution in [2.24, 2.45) is 7.05 Å². The highest BCUT2D eigenvalue weighted by molar-refractivity contribution is 5.92. The molecule has 0 spiro atoms. The zero-order valence-electron chi connectivity index (χ0n) is 13.3. The van der Waals surface area contributed by atoms with Crippen molar-refractivity contribution >= 4 is 5.91 Å². The average molecular weight is 314 g/mol. The number of amides is 1. The summed E-state index contributed by atoms with van der Waals surface area (Å²) in [6.45, 7) is 4.90. The number of nitrogens with zero attached hydrogens (tertiary/aromatic N) is 3. The molecule has 6 nitrogen and oxygen atoms in total. The minimum absolute atomic E-state index is 0.00921. The van der Waals surface area contributed by atoms with E-state index in [1.54, 1.807) is 23.0 Å². The van der Waals surface area contributed by atoms with Crippen LogP contribution in [-0.4, -0.2) is 50.9 Å². The molecule has 1 aliphatic heterocycles. The van der Waals surface area contributed by atoms with Gasteiger partial charge in [0.2, 0.25) is 0 Å². The van der Waals surface area contributed by atoms with E-state index in [1.807, 2.05) is 30.4 Å². The Morgan fingerprint density at radius 2 is 2.48 bits per heavy atom. The molecule has 0 saturated carbocycles. The minimum Gasteiger partial charge on any atom is -0.372 e. The molecule has 122 valence electrons. The van der Waals surface area contributed by atoms with Crippen LogP contribution in [0.25, 0.3) is 0 Å². The van der Waals surface area contributed by atoms with E-state index in [4.69, 9.17) is 4.74 Å². The highest BCUT2D eigenvalue weighted by atomic mass is 16.5. The third kappa shape index (κ3) is 3.37. The fraction of sp³-hybridized carbons (Fsp3) is 0.412. The number of rotatable bonds is 6. The molecule has 23 heavy (non-hydrogen) atoms. The molecular formula is C17H22N4O2. The third-order valence-corrected chi connectivity index (χ3v) is 4.20. The molecule has 0 aliphatic carbocycles. The van der Waals surface area contributed by atoms with Gasteiger partial charge in [0.1, 0.15) is 5.69 Å². The van der Waals surface area contributed by atoms with Crippen LogP contribution in [0.15, 0.2) is 43.4 Å². The van der Waals surface area contributed by atoms with Crippen LogP contribution in [-0.2, 0) is 18.2 Å². The molecule has 0 aromatic carbocycles. The number of nitrogens with one attached hydrogen (secondary N) is 1. The topological polar surface area (TPSA) is 63.1 Å². The molecule has 1 aliphatic rings. The molecule has 0 radical (unpaired) electrons. The molecule has 1 fully saturated rings. The average Bonchev–Trinajstić information content (AvgIpc) is 3.27. The normalized spacial score (nSPS) is 20.8. The van der Waals surface area contributed by atoms with Crippen molar-refractivity contribution in [2.75, 3.05) is 13.2 Å². The summed E-state index contributed by atoms with van der Waals surface area (Å²) in [5, 5.41) is 4.22. The van der Waals surface area contributed by atoms with Crippen LogP contribution in [0.5, 0.6) is 0 Å². The Balaban J connectivity index is 1.79. The summed E-state index contributed by atoms with van der Waals surface area (Å²) in [5.41, 5.74) is 1.72. The van der Waals surface area contributed by atoms with Gasteiger partial charge in [-0.3, -0.25) is 9.48 Å². The smallest absolute Gasteiger partial charge is 0.270 e. The van der Waals surface area contributed by atoms with Gasteiger partial charge in [-0.25, -0.2) is 0 Å². The number of carbonyl (C=O) groups excluding carboxylic acids is 1. The van der Waals surface area contributed by atoms with Crippen LogP contribution in [0.3, 0.4) is 0 Å². The van der Waals surface area contributed by atoms with E-state index in [9.17, 15) is 4.79 Å². The number of H-pyrrole nitrogens is 1. The van der Waals surface area contributed by atoms with Gasteiger partial charge in [0, 0.05) is 26.0 Å². The number of hydrogen-bond acceptors (Lipinski definition) is 3. The lowest BCUT2D eigenvalue weighted by Crippen LogP contribution is -2.42. The fourth-order valence-electron chi connectivity index (χ4n) is 3.14. The maximum Gasteiger partial charge on any atom is 0.270 e. The van der Waals surface area contributed by atoms with E-state index < -0.39 is 0 Å². The number of aromatic nitrogens is 3. The van der Waals surface area contributed by atoms with Gasteiger partial charge in [0.15, 0.2) is 0 Å². The van der Waals surface area contributed by atoms with E-state index in [0.717, 1.165) is 18.4 Å². The van der Waals surface area contributed by atoms with Crippen LogP contribution >= 0.6 is 0 Å². The van der Waals surface area contributed by atoms with Crippen LogP contribution in [0.2, 0.25) is 0 Å². The first-order valence-corrected chi connectivity index (χ1v) is 7.83. The van der Waals surface area contributed by atoms with Gasteiger partial charge in [0.25, 0.3) is 5.91 Å². The van der Waals surface area contributed by atoms with Gasteiger partial charge in [-0.15, -0.1) is 6.58 Å². The van der Waals surface area contributed by atoms with Crippen LogP contribution < -0.4 is 0 Å². The molecule has 0 unspecified atom stereocenters. The molecule has 2 aromatic heterocycles. The maximum atomic E-state index is 12.7. The standard InChI is InChI=1S/C17H22N4O2/c1-3-9-23-16-6-8-21(17(22)14-5-4-7-18-14)15(16)10-13-11-19-20(2)12-13/h3-5,7,11-12,15-16,18H,1,6,8-10H2,2H3/t15-,16+/m0/s1. The van der Waals surface area contributed by atoms with Crippen molar-refractivity contribution in [1.82, 2.24) is 19.7 Å². The number of aryl methyl sites for hydroxylation is 1. The molecule has 2 atom stereocenters. The summed E-state index contributed by atoms with van der Waals surface area (Å²) in [5.74, 6) is 0.0218. The quantitative estimate of drug-likeness (QED) is 0.827. The molecule has 2 aromatic rings. The van der Waals surface area contributed by atoms with E-state index in [2.05, 4.69) is 16.7 Å². The Bertz CT molecular complexity index is 662. The highest BCUT2D eigenvalue weighted by Crippen LogP contribution is 2.26. The van der Waals surface area contributed by atoms with Crippen molar-refractivity contribution < 1.29 is 9.53 Å². The molecule has 1 amide bonds. The maximum absolute atomic E-state index is 12.7. The molecule has 6 heteroatoms. The lowest BCUT2D eigenvalue weighted by Gasteiger charge is -2.27. The predicted molar refractivity (Wildman–Crippen MR) is 87.1 cm³/mol. The first-order chi connectivity index (χ1) is 11.2. The highest BCUT2D eigenvalue weighted by Gasteiger charge is 2.38. The molecule has 1 N–H and O–H groups in total. The molecular weight excluding hydrogens is 292 g/mol. The van der Waals surface area contributed by atoms with Crippen molar-refractivity contribution in [3.8, 4) is 0 Å². The first kappa shape index (κ1) is 15.6. The first-order valence-electron chi connectivity index (χ1n) is 7.83. The summed E-state index contributed by atoms with van der Waals surface area (Å²) in [7, 11) is 1.89. The van der Waals surface area contributed by atoms with Crippen LogP contribution in [0.1, 0.15) is 22.5 Å². The second kappa shape index (κ2) is 6.83. The second-order valence-corrected chi connectivity index (χ2v) is 5.83. The Kier molecular flexibility index (Phi) is 4.62. The summed E-state index contributed by atoms with van der Waals surface area (Å²) in [6.07, 6.45) is 8.95. The van der Waals surface area contributed by atoms with Gasteiger partial charge >= 0.3 is 0 Å². The Morgan fingerprint density at radius 1 is 1.61 bits per heavy atom. The number of carbonyl (C=O) groups is 1. The SMILES string of the molecule is C=CCO[C@@H]1CCN(C(=O)c2ccc[nH]2)[C@H]1Cc1cnn(C)c1. The lowest BCUT2D eigenvalue weighted by atomic mass is 10.0. The lowest BCUT2D eigenvalue weighted by molar-refractivity contribution is 0.0377.